The Morgan fingerprint density at radius 3 is 2.93 bits per heavy atom. The number of aryl methyl sites for hydroxylation is 1. The summed E-state index contributed by atoms with van der Waals surface area (Å²) in [5.74, 6) is -0.126. The zero-order chi connectivity index (χ0) is 11.4. The van der Waals surface area contributed by atoms with Crippen molar-refractivity contribution in [2.24, 2.45) is 12.8 Å². The molecule has 1 heterocycles. The van der Waals surface area contributed by atoms with E-state index in [-0.39, 0.29) is 5.78 Å². The lowest BCUT2D eigenvalue weighted by Crippen LogP contribution is -2.33. The molecule has 0 aliphatic heterocycles. The first-order valence-electron chi connectivity index (χ1n) is 4.54. The van der Waals surface area contributed by atoms with Gasteiger partial charge in [-0.2, -0.15) is 5.10 Å². The molecule has 0 bridgehead atoms. The number of ketones is 1. The molecule has 2 N–H and O–H groups in total. The van der Waals surface area contributed by atoms with E-state index in [1.54, 1.807) is 20.4 Å². The van der Waals surface area contributed by atoms with Crippen LogP contribution in [0.15, 0.2) is 10.7 Å². The maximum Gasteiger partial charge on any atom is 0.198 e. The Kier molecular flexibility index (Phi) is 4.44. The average molecular weight is 276 g/mol. The first-order valence-corrected chi connectivity index (χ1v) is 5.33. The van der Waals surface area contributed by atoms with E-state index in [2.05, 4.69) is 21.0 Å². The monoisotopic (exact) mass is 275 g/mol. The van der Waals surface area contributed by atoms with Crippen LogP contribution in [0.2, 0.25) is 0 Å². The van der Waals surface area contributed by atoms with Crippen LogP contribution in [0, 0.1) is 0 Å². The minimum Gasteiger partial charge on any atom is -0.385 e. The number of hydrogen-bond donors (Lipinski definition) is 1. The van der Waals surface area contributed by atoms with Crippen molar-refractivity contribution in [1.82, 2.24) is 9.78 Å². The maximum absolute atomic E-state index is 11.9. The highest BCUT2D eigenvalue weighted by Crippen LogP contribution is 2.17. The minimum absolute atomic E-state index is 0.126. The molecule has 1 rings (SSSR count). The highest BCUT2D eigenvalue weighted by molar-refractivity contribution is 9.10. The van der Waals surface area contributed by atoms with Gasteiger partial charge in [-0.25, -0.2) is 0 Å². The molecule has 0 fully saturated rings. The SMILES string of the molecule is COCCC(N)C(=O)c1c(Br)cnn1C. The summed E-state index contributed by atoms with van der Waals surface area (Å²) in [6.45, 7) is 0.475. The van der Waals surface area contributed by atoms with Crippen molar-refractivity contribution in [2.75, 3.05) is 13.7 Å². The number of nitrogens with zero attached hydrogens (tertiary/aromatic N) is 2. The fourth-order valence-electron chi connectivity index (χ4n) is 1.24. The molecule has 0 aromatic carbocycles. The largest absolute Gasteiger partial charge is 0.385 e. The Morgan fingerprint density at radius 2 is 2.47 bits per heavy atom. The summed E-state index contributed by atoms with van der Waals surface area (Å²) in [5, 5.41) is 3.96. The van der Waals surface area contributed by atoms with Gasteiger partial charge in [0.15, 0.2) is 5.78 Å². The van der Waals surface area contributed by atoms with Gasteiger partial charge in [-0.15, -0.1) is 0 Å². The van der Waals surface area contributed by atoms with Crippen molar-refractivity contribution in [3.8, 4) is 0 Å². The van der Waals surface area contributed by atoms with Crippen molar-refractivity contribution in [3.05, 3.63) is 16.4 Å². The number of rotatable bonds is 5. The highest BCUT2D eigenvalue weighted by Gasteiger charge is 2.21. The molecule has 0 aliphatic rings. The average Bonchev–Trinajstić information content (AvgIpc) is 2.54. The van der Waals surface area contributed by atoms with Crippen LogP contribution in [0.5, 0.6) is 0 Å². The van der Waals surface area contributed by atoms with E-state index in [9.17, 15) is 4.79 Å². The molecular weight excluding hydrogens is 262 g/mol. The third-order valence-corrected chi connectivity index (χ3v) is 2.68. The van der Waals surface area contributed by atoms with E-state index < -0.39 is 6.04 Å². The van der Waals surface area contributed by atoms with Gasteiger partial charge in [0.2, 0.25) is 0 Å². The summed E-state index contributed by atoms with van der Waals surface area (Å²) in [5.41, 5.74) is 6.24. The minimum atomic E-state index is -0.545. The third-order valence-electron chi connectivity index (χ3n) is 2.10. The molecule has 0 amide bonds. The van der Waals surface area contributed by atoms with Gasteiger partial charge in [-0.3, -0.25) is 9.48 Å². The zero-order valence-corrected chi connectivity index (χ0v) is 10.3. The lowest BCUT2D eigenvalue weighted by atomic mass is 10.1. The van der Waals surface area contributed by atoms with Crippen LogP contribution in [-0.2, 0) is 11.8 Å². The maximum atomic E-state index is 11.9. The Hall–Kier alpha value is -0.720. The van der Waals surface area contributed by atoms with Gasteiger partial charge in [0.1, 0.15) is 5.69 Å². The van der Waals surface area contributed by atoms with Gasteiger partial charge in [0, 0.05) is 20.8 Å². The fourth-order valence-corrected chi connectivity index (χ4v) is 1.78. The second-order valence-corrected chi connectivity index (χ2v) is 4.07. The molecular formula is C9H14BrN3O2. The Bertz CT molecular complexity index is 332. The summed E-state index contributed by atoms with van der Waals surface area (Å²) in [7, 11) is 3.29. The normalized spacial score (nSPS) is 12.8. The van der Waals surface area contributed by atoms with Crippen LogP contribution in [0.1, 0.15) is 16.9 Å². The molecule has 15 heavy (non-hydrogen) atoms. The number of carbonyl (C=O) groups excluding carboxylic acids is 1. The second-order valence-electron chi connectivity index (χ2n) is 3.22. The predicted octanol–water partition coefficient (Wildman–Crippen LogP) is 0.729. The van der Waals surface area contributed by atoms with Gasteiger partial charge in [0.25, 0.3) is 0 Å². The van der Waals surface area contributed by atoms with Gasteiger partial charge in [-0.05, 0) is 22.4 Å². The van der Waals surface area contributed by atoms with Crippen LogP contribution in [0.3, 0.4) is 0 Å². The lowest BCUT2D eigenvalue weighted by Gasteiger charge is -2.10. The molecule has 0 spiro atoms. The summed E-state index contributed by atoms with van der Waals surface area (Å²) >= 11 is 3.26. The van der Waals surface area contributed by atoms with Gasteiger partial charge >= 0.3 is 0 Å². The number of Topliss-reactive ketones (excluding diaryl/α,β-unsaturated/α-hetero) is 1. The van der Waals surface area contributed by atoms with Gasteiger partial charge in [-0.1, -0.05) is 0 Å². The van der Waals surface area contributed by atoms with Crippen LogP contribution < -0.4 is 5.73 Å². The van der Waals surface area contributed by atoms with Crippen molar-refractivity contribution in [2.45, 2.75) is 12.5 Å². The first kappa shape index (κ1) is 12.4. The number of nitrogens with two attached hydrogens (primary N) is 1. The molecule has 0 aliphatic carbocycles. The molecule has 5 nitrogen and oxygen atoms in total. The molecule has 0 radical (unpaired) electrons. The van der Waals surface area contributed by atoms with E-state index in [0.29, 0.717) is 23.2 Å². The molecule has 1 aromatic heterocycles. The van der Waals surface area contributed by atoms with E-state index >= 15 is 0 Å². The standard InChI is InChI=1S/C9H14BrN3O2/c1-13-8(6(10)5-12-13)9(14)7(11)3-4-15-2/h5,7H,3-4,11H2,1-2H3. The number of hydrogen-bond acceptors (Lipinski definition) is 4. The number of carbonyl (C=O) groups is 1. The first-order chi connectivity index (χ1) is 7.07. The summed E-state index contributed by atoms with van der Waals surface area (Å²) < 4.78 is 7.06. The van der Waals surface area contributed by atoms with Crippen LogP contribution in [0.25, 0.3) is 0 Å². The van der Waals surface area contributed by atoms with Crippen molar-refractivity contribution < 1.29 is 9.53 Å². The number of halogens is 1. The summed E-state index contributed by atoms with van der Waals surface area (Å²) in [6.07, 6.45) is 2.09. The second kappa shape index (κ2) is 5.39. The molecule has 0 saturated heterocycles. The molecule has 6 heteroatoms. The number of aromatic nitrogens is 2. The smallest absolute Gasteiger partial charge is 0.198 e. The van der Waals surface area contributed by atoms with Gasteiger partial charge in [0.05, 0.1) is 16.7 Å². The predicted molar refractivity (Wildman–Crippen MR) is 59.7 cm³/mol. The summed E-state index contributed by atoms with van der Waals surface area (Å²) in [4.78, 5) is 11.9. The van der Waals surface area contributed by atoms with Crippen LogP contribution >= 0.6 is 15.9 Å². The molecule has 0 saturated carbocycles. The van der Waals surface area contributed by atoms with Crippen LogP contribution in [-0.4, -0.2) is 35.3 Å². The van der Waals surface area contributed by atoms with E-state index in [4.69, 9.17) is 10.5 Å². The van der Waals surface area contributed by atoms with E-state index in [1.165, 1.54) is 4.68 Å². The zero-order valence-electron chi connectivity index (χ0n) is 8.74. The Balaban J connectivity index is 2.76. The Labute approximate surface area is 96.7 Å². The van der Waals surface area contributed by atoms with E-state index in [1.807, 2.05) is 0 Å². The topological polar surface area (TPSA) is 70.1 Å². The fraction of sp³-hybridized carbons (Fsp3) is 0.556. The number of ether oxygens (including phenoxy) is 1. The lowest BCUT2D eigenvalue weighted by molar-refractivity contribution is 0.0925. The molecule has 1 aromatic rings. The summed E-state index contributed by atoms with van der Waals surface area (Å²) in [6, 6.07) is -0.545. The Morgan fingerprint density at radius 1 is 1.80 bits per heavy atom. The van der Waals surface area contributed by atoms with Crippen molar-refractivity contribution >= 4 is 21.7 Å². The van der Waals surface area contributed by atoms with Crippen LogP contribution in [0.4, 0.5) is 0 Å². The van der Waals surface area contributed by atoms with Crippen molar-refractivity contribution in [3.63, 3.8) is 0 Å². The molecule has 84 valence electrons. The quantitative estimate of drug-likeness (QED) is 0.805. The van der Waals surface area contributed by atoms with Crippen molar-refractivity contribution in [1.29, 1.82) is 0 Å². The number of methoxy groups -OCH3 is 1. The molecule has 1 atom stereocenters. The third kappa shape index (κ3) is 2.87. The van der Waals surface area contributed by atoms with E-state index in [0.717, 1.165) is 0 Å². The van der Waals surface area contributed by atoms with Gasteiger partial charge < -0.3 is 10.5 Å². The highest BCUT2D eigenvalue weighted by atomic mass is 79.9. The molecule has 1 unspecified atom stereocenters.